The SMILES string of the molecule is COc1ccc(-c2ccnc3nc(-c4ccc(C(=O)NCCN5CCCCCC5)cc4)[nH]c23)cc1. The fourth-order valence-electron chi connectivity index (χ4n) is 4.63. The number of methoxy groups -OCH3 is 1. The van der Waals surface area contributed by atoms with E-state index in [1.54, 1.807) is 13.3 Å². The predicted octanol–water partition coefficient (Wildman–Crippen LogP) is 4.91. The van der Waals surface area contributed by atoms with E-state index in [4.69, 9.17) is 4.74 Å². The fraction of sp³-hybridized carbons (Fsp3) is 0.321. The maximum Gasteiger partial charge on any atom is 0.251 e. The van der Waals surface area contributed by atoms with Crippen LogP contribution >= 0.6 is 0 Å². The number of fused-ring (bicyclic) bond motifs is 1. The number of amides is 1. The molecule has 3 heterocycles. The summed E-state index contributed by atoms with van der Waals surface area (Å²) in [6, 6.07) is 17.5. The van der Waals surface area contributed by atoms with E-state index in [-0.39, 0.29) is 5.91 Å². The van der Waals surface area contributed by atoms with Crippen LogP contribution in [0, 0.1) is 0 Å². The van der Waals surface area contributed by atoms with Crippen molar-refractivity contribution in [2.24, 2.45) is 0 Å². The van der Waals surface area contributed by atoms with E-state index < -0.39 is 0 Å². The van der Waals surface area contributed by atoms with Crippen LogP contribution in [0.3, 0.4) is 0 Å². The lowest BCUT2D eigenvalue weighted by atomic mass is 10.1. The number of carbonyl (C=O) groups excluding carboxylic acids is 1. The number of carbonyl (C=O) groups is 1. The summed E-state index contributed by atoms with van der Waals surface area (Å²) in [6.45, 7) is 3.85. The average molecular weight is 470 g/mol. The normalized spacial score (nSPS) is 14.5. The van der Waals surface area contributed by atoms with Crippen molar-refractivity contribution in [1.29, 1.82) is 0 Å². The van der Waals surface area contributed by atoms with Crippen LogP contribution in [0.25, 0.3) is 33.7 Å². The van der Waals surface area contributed by atoms with Gasteiger partial charge in [0, 0.05) is 36.0 Å². The van der Waals surface area contributed by atoms with Gasteiger partial charge in [-0.2, -0.15) is 0 Å². The Kier molecular flexibility index (Phi) is 7.04. The first-order valence-corrected chi connectivity index (χ1v) is 12.3. The smallest absolute Gasteiger partial charge is 0.251 e. The number of benzene rings is 2. The number of ether oxygens (including phenoxy) is 1. The van der Waals surface area contributed by atoms with Crippen molar-refractivity contribution in [3.05, 3.63) is 66.4 Å². The molecule has 35 heavy (non-hydrogen) atoms. The number of hydrogen-bond donors (Lipinski definition) is 2. The molecule has 180 valence electrons. The molecule has 7 heteroatoms. The van der Waals surface area contributed by atoms with Crippen LogP contribution in [0.5, 0.6) is 5.75 Å². The molecule has 4 aromatic rings. The minimum atomic E-state index is -0.0422. The summed E-state index contributed by atoms with van der Waals surface area (Å²) in [4.78, 5) is 27.6. The summed E-state index contributed by atoms with van der Waals surface area (Å²) in [6.07, 6.45) is 6.92. The van der Waals surface area contributed by atoms with E-state index in [9.17, 15) is 4.79 Å². The first-order valence-electron chi connectivity index (χ1n) is 12.3. The van der Waals surface area contributed by atoms with Crippen LogP contribution in [-0.2, 0) is 0 Å². The molecule has 0 unspecified atom stereocenters. The van der Waals surface area contributed by atoms with Crippen molar-refractivity contribution in [2.75, 3.05) is 33.3 Å². The molecule has 0 atom stereocenters. The summed E-state index contributed by atoms with van der Waals surface area (Å²) in [5.41, 5.74) is 5.17. The Morgan fingerprint density at radius 1 is 0.971 bits per heavy atom. The molecule has 5 rings (SSSR count). The van der Waals surface area contributed by atoms with Crippen LogP contribution in [0.4, 0.5) is 0 Å². The molecule has 0 aliphatic carbocycles. The molecule has 0 saturated carbocycles. The van der Waals surface area contributed by atoms with Gasteiger partial charge in [-0.3, -0.25) is 4.79 Å². The highest BCUT2D eigenvalue weighted by Crippen LogP contribution is 2.29. The van der Waals surface area contributed by atoms with E-state index in [2.05, 4.69) is 25.2 Å². The molecule has 2 aromatic heterocycles. The van der Waals surface area contributed by atoms with Gasteiger partial charge in [-0.15, -0.1) is 0 Å². The number of aromatic nitrogens is 3. The summed E-state index contributed by atoms with van der Waals surface area (Å²) in [7, 11) is 1.66. The highest BCUT2D eigenvalue weighted by atomic mass is 16.5. The van der Waals surface area contributed by atoms with E-state index in [0.717, 1.165) is 53.4 Å². The van der Waals surface area contributed by atoms with Crippen molar-refractivity contribution in [3.8, 4) is 28.3 Å². The van der Waals surface area contributed by atoms with Gasteiger partial charge in [0.2, 0.25) is 0 Å². The van der Waals surface area contributed by atoms with Gasteiger partial charge in [-0.05, 0) is 61.8 Å². The largest absolute Gasteiger partial charge is 0.497 e. The minimum Gasteiger partial charge on any atom is -0.497 e. The predicted molar refractivity (Wildman–Crippen MR) is 139 cm³/mol. The maximum absolute atomic E-state index is 12.6. The van der Waals surface area contributed by atoms with Crippen molar-refractivity contribution in [2.45, 2.75) is 25.7 Å². The Morgan fingerprint density at radius 3 is 2.40 bits per heavy atom. The Balaban J connectivity index is 1.27. The van der Waals surface area contributed by atoms with Gasteiger partial charge >= 0.3 is 0 Å². The third-order valence-corrected chi connectivity index (χ3v) is 6.63. The van der Waals surface area contributed by atoms with E-state index in [0.29, 0.717) is 17.8 Å². The van der Waals surface area contributed by atoms with Gasteiger partial charge in [0.15, 0.2) is 5.65 Å². The Hall–Kier alpha value is -3.71. The number of nitrogens with one attached hydrogen (secondary N) is 2. The molecule has 0 spiro atoms. The van der Waals surface area contributed by atoms with Crippen LogP contribution in [0.15, 0.2) is 60.8 Å². The van der Waals surface area contributed by atoms with Gasteiger partial charge in [-0.25, -0.2) is 9.97 Å². The Labute approximate surface area is 205 Å². The number of hydrogen-bond acceptors (Lipinski definition) is 5. The van der Waals surface area contributed by atoms with Gasteiger partial charge in [-0.1, -0.05) is 37.1 Å². The fourth-order valence-corrected chi connectivity index (χ4v) is 4.63. The lowest BCUT2D eigenvalue weighted by Crippen LogP contribution is -2.35. The molecule has 1 fully saturated rings. The molecule has 0 bridgehead atoms. The summed E-state index contributed by atoms with van der Waals surface area (Å²) in [5, 5.41) is 3.06. The van der Waals surface area contributed by atoms with Gasteiger partial charge in [0.05, 0.1) is 12.6 Å². The third kappa shape index (κ3) is 5.35. The molecule has 1 aliphatic rings. The van der Waals surface area contributed by atoms with Crippen molar-refractivity contribution in [3.63, 3.8) is 0 Å². The number of H-pyrrole nitrogens is 1. The molecule has 7 nitrogen and oxygen atoms in total. The Bertz CT molecular complexity index is 1270. The summed E-state index contributed by atoms with van der Waals surface area (Å²) in [5.74, 6) is 1.50. The zero-order chi connectivity index (χ0) is 24.0. The number of likely N-dealkylation sites (tertiary alicyclic amines) is 1. The lowest BCUT2D eigenvalue weighted by Gasteiger charge is -2.19. The molecular weight excluding hydrogens is 438 g/mol. The van der Waals surface area contributed by atoms with Crippen LogP contribution < -0.4 is 10.1 Å². The third-order valence-electron chi connectivity index (χ3n) is 6.63. The highest BCUT2D eigenvalue weighted by Gasteiger charge is 2.13. The highest BCUT2D eigenvalue weighted by molar-refractivity contribution is 5.95. The number of pyridine rings is 1. The van der Waals surface area contributed by atoms with Gasteiger partial charge < -0.3 is 19.9 Å². The van der Waals surface area contributed by atoms with Gasteiger partial charge in [0.25, 0.3) is 5.91 Å². The number of rotatable bonds is 7. The van der Waals surface area contributed by atoms with Crippen LogP contribution in [-0.4, -0.2) is 59.0 Å². The summed E-state index contributed by atoms with van der Waals surface area (Å²) < 4.78 is 5.27. The number of aromatic amines is 1. The zero-order valence-corrected chi connectivity index (χ0v) is 20.1. The van der Waals surface area contributed by atoms with E-state index >= 15 is 0 Å². The molecule has 2 N–H and O–H groups in total. The lowest BCUT2D eigenvalue weighted by molar-refractivity contribution is 0.0948. The monoisotopic (exact) mass is 469 g/mol. The number of nitrogens with zero attached hydrogens (tertiary/aromatic N) is 3. The second-order valence-electron chi connectivity index (χ2n) is 8.96. The topological polar surface area (TPSA) is 83.1 Å². The average Bonchev–Trinajstić information content (AvgIpc) is 3.18. The van der Waals surface area contributed by atoms with Crippen molar-refractivity contribution < 1.29 is 9.53 Å². The van der Waals surface area contributed by atoms with Crippen LogP contribution in [0.2, 0.25) is 0 Å². The molecular formula is C28H31N5O2. The number of imidazole rings is 1. The Morgan fingerprint density at radius 2 is 1.69 bits per heavy atom. The molecule has 0 radical (unpaired) electrons. The van der Waals surface area contributed by atoms with Crippen molar-refractivity contribution in [1.82, 2.24) is 25.2 Å². The molecule has 2 aromatic carbocycles. The second-order valence-corrected chi connectivity index (χ2v) is 8.96. The molecule has 1 saturated heterocycles. The van der Waals surface area contributed by atoms with E-state index in [1.165, 1.54) is 25.7 Å². The van der Waals surface area contributed by atoms with Gasteiger partial charge in [0.1, 0.15) is 11.6 Å². The van der Waals surface area contributed by atoms with Crippen molar-refractivity contribution >= 4 is 17.1 Å². The quantitative estimate of drug-likeness (QED) is 0.402. The standard InChI is InChI=1S/C28H31N5O2/c1-35-23-12-10-20(11-13-23)24-14-15-29-27-25(24)31-26(32-27)21-6-8-22(9-7-21)28(34)30-16-19-33-17-4-2-3-5-18-33/h6-15H,2-5,16-19H2,1H3,(H,30,34)(H,29,31,32). The first kappa shape index (κ1) is 23.1. The molecule has 1 aliphatic heterocycles. The zero-order valence-electron chi connectivity index (χ0n) is 20.1. The first-order chi connectivity index (χ1) is 17.2. The van der Waals surface area contributed by atoms with Crippen LogP contribution in [0.1, 0.15) is 36.0 Å². The maximum atomic E-state index is 12.6. The van der Waals surface area contributed by atoms with E-state index in [1.807, 2.05) is 54.6 Å². The molecule has 1 amide bonds. The minimum absolute atomic E-state index is 0.0422. The second kappa shape index (κ2) is 10.7. The summed E-state index contributed by atoms with van der Waals surface area (Å²) >= 11 is 0.